The van der Waals surface area contributed by atoms with Crippen LogP contribution in [0, 0.1) is 23.4 Å². The molecule has 1 heterocycles. The van der Waals surface area contributed by atoms with Crippen molar-refractivity contribution in [2.75, 3.05) is 16.9 Å². The van der Waals surface area contributed by atoms with Gasteiger partial charge in [0.1, 0.15) is 0 Å². The number of carbonyl (C=O) groups is 2. The molecule has 2 aromatic rings. The van der Waals surface area contributed by atoms with Crippen molar-refractivity contribution in [3.05, 3.63) is 59.4 Å². The molecule has 1 aliphatic rings. The lowest BCUT2D eigenvalue weighted by molar-refractivity contribution is -0.125. The molecule has 2 amide bonds. The number of hydrogen-bond acceptors (Lipinski definition) is 3. The van der Waals surface area contributed by atoms with Gasteiger partial charge in [0.25, 0.3) is 0 Å². The van der Waals surface area contributed by atoms with E-state index in [9.17, 15) is 22.8 Å². The summed E-state index contributed by atoms with van der Waals surface area (Å²) < 4.78 is 39.8. The lowest BCUT2D eigenvalue weighted by Crippen LogP contribution is -2.36. The summed E-state index contributed by atoms with van der Waals surface area (Å²) in [5, 5.41) is 0. The summed E-state index contributed by atoms with van der Waals surface area (Å²) in [6, 6.07) is 9.27. The highest BCUT2D eigenvalue weighted by Crippen LogP contribution is 2.28. The first kappa shape index (κ1) is 19.7. The third-order valence-electron chi connectivity index (χ3n) is 4.70. The Morgan fingerprint density at radius 1 is 1.14 bits per heavy atom. The predicted molar refractivity (Wildman–Crippen MR) is 99.1 cm³/mol. The number of halogens is 3. The first-order chi connectivity index (χ1) is 13.3. The highest BCUT2D eigenvalue weighted by molar-refractivity contribution is 6.00. The fourth-order valence-corrected chi connectivity index (χ4v) is 3.04. The van der Waals surface area contributed by atoms with Crippen LogP contribution in [0.1, 0.15) is 31.7 Å². The number of hydrazine groups is 1. The summed E-state index contributed by atoms with van der Waals surface area (Å²) in [5.74, 6) is -5.49. The molecule has 1 saturated heterocycles. The monoisotopic (exact) mass is 391 g/mol. The van der Waals surface area contributed by atoms with Gasteiger partial charge in [-0.05, 0) is 35.7 Å². The van der Waals surface area contributed by atoms with E-state index >= 15 is 0 Å². The maximum absolute atomic E-state index is 13.6. The molecule has 0 aromatic heterocycles. The second-order valence-corrected chi connectivity index (χ2v) is 6.99. The highest BCUT2D eigenvalue weighted by Gasteiger charge is 2.35. The van der Waals surface area contributed by atoms with E-state index in [1.54, 1.807) is 6.07 Å². The largest absolute Gasteiger partial charge is 0.312 e. The summed E-state index contributed by atoms with van der Waals surface area (Å²) >= 11 is 0. The van der Waals surface area contributed by atoms with Crippen LogP contribution in [0.4, 0.5) is 24.5 Å². The summed E-state index contributed by atoms with van der Waals surface area (Å²) in [5.41, 5.74) is 5.88. The average Bonchev–Trinajstić information content (AvgIpc) is 3.07. The van der Waals surface area contributed by atoms with Crippen molar-refractivity contribution in [1.82, 2.24) is 5.43 Å². The summed E-state index contributed by atoms with van der Waals surface area (Å²) in [6.07, 6.45) is -0.000317. The molecule has 148 valence electrons. The van der Waals surface area contributed by atoms with Crippen LogP contribution in [0.3, 0.4) is 0 Å². The smallest absolute Gasteiger partial charge is 0.243 e. The molecule has 0 aliphatic carbocycles. The van der Waals surface area contributed by atoms with Gasteiger partial charge in [0, 0.05) is 18.7 Å². The van der Waals surface area contributed by atoms with Crippen molar-refractivity contribution >= 4 is 23.2 Å². The molecule has 8 heteroatoms. The molecular weight excluding hydrogens is 371 g/mol. The van der Waals surface area contributed by atoms with Gasteiger partial charge in [-0.25, -0.2) is 13.2 Å². The second-order valence-electron chi connectivity index (χ2n) is 6.99. The number of anilines is 2. The van der Waals surface area contributed by atoms with E-state index in [4.69, 9.17) is 0 Å². The molecule has 2 N–H and O–H groups in total. The van der Waals surface area contributed by atoms with E-state index < -0.39 is 35.0 Å². The summed E-state index contributed by atoms with van der Waals surface area (Å²) in [4.78, 5) is 26.2. The number of rotatable bonds is 5. The van der Waals surface area contributed by atoms with E-state index in [-0.39, 0.29) is 18.9 Å². The van der Waals surface area contributed by atoms with Crippen LogP contribution in [0.5, 0.6) is 0 Å². The van der Waals surface area contributed by atoms with Gasteiger partial charge in [-0.1, -0.05) is 26.0 Å². The number of carbonyl (C=O) groups excluding carboxylic acids is 2. The van der Waals surface area contributed by atoms with Crippen LogP contribution < -0.4 is 15.8 Å². The lowest BCUT2D eigenvalue weighted by Gasteiger charge is -2.18. The normalized spacial score (nSPS) is 16.6. The van der Waals surface area contributed by atoms with E-state index in [0.29, 0.717) is 11.6 Å². The molecule has 0 radical (unpaired) electrons. The SMILES string of the molecule is CC(C)c1cccc(N2CC(C(=O)NNc3ccc(F)c(F)c3F)CC2=O)c1. The Balaban J connectivity index is 1.66. The van der Waals surface area contributed by atoms with Crippen molar-refractivity contribution in [2.45, 2.75) is 26.2 Å². The van der Waals surface area contributed by atoms with Crippen molar-refractivity contribution in [3.63, 3.8) is 0 Å². The minimum Gasteiger partial charge on any atom is -0.312 e. The van der Waals surface area contributed by atoms with Gasteiger partial charge in [-0.15, -0.1) is 0 Å². The molecule has 0 spiro atoms. The fraction of sp³-hybridized carbons (Fsp3) is 0.300. The highest BCUT2D eigenvalue weighted by atomic mass is 19.2. The Morgan fingerprint density at radius 3 is 2.61 bits per heavy atom. The number of nitrogens with zero attached hydrogens (tertiary/aromatic N) is 1. The molecular formula is C20H20F3N3O2. The zero-order valence-corrected chi connectivity index (χ0v) is 15.4. The minimum absolute atomic E-state index is 0.000317. The molecule has 1 fully saturated rings. The van der Waals surface area contributed by atoms with Crippen LogP contribution in [0.15, 0.2) is 36.4 Å². The first-order valence-electron chi connectivity index (χ1n) is 8.87. The topological polar surface area (TPSA) is 61.4 Å². The van der Waals surface area contributed by atoms with Crippen molar-refractivity contribution in [2.24, 2.45) is 5.92 Å². The molecule has 1 unspecified atom stereocenters. The van der Waals surface area contributed by atoms with E-state index in [1.165, 1.54) is 4.90 Å². The predicted octanol–water partition coefficient (Wildman–Crippen LogP) is 3.72. The van der Waals surface area contributed by atoms with Gasteiger partial charge in [-0.3, -0.25) is 20.4 Å². The van der Waals surface area contributed by atoms with Crippen LogP contribution in [0.25, 0.3) is 0 Å². The minimum atomic E-state index is -1.63. The van der Waals surface area contributed by atoms with Gasteiger partial charge < -0.3 is 4.90 Å². The lowest BCUT2D eigenvalue weighted by atomic mass is 10.0. The molecule has 1 aliphatic heterocycles. The third kappa shape index (κ3) is 3.95. The maximum Gasteiger partial charge on any atom is 0.243 e. The molecule has 28 heavy (non-hydrogen) atoms. The Labute approximate surface area is 160 Å². The van der Waals surface area contributed by atoms with Gasteiger partial charge in [0.05, 0.1) is 11.6 Å². The second kappa shape index (κ2) is 7.92. The van der Waals surface area contributed by atoms with Crippen LogP contribution in [-0.4, -0.2) is 18.4 Å². The Kier molecular flexibility index (Phi) is 5.58. The number of amides is 2. The van der Waals surface area contributed by atoms with Gasteiger partial charge in [0.15, 0.2) is 17.5 Å². The Bertz CT molecular complexity index is 918. The van der Waals surface area contributed by atoms with Crippen molar-refractivity contribution in [1.29, 1.82) is 0 Å². The van der Waals surface area contributed by atoms with Crippen molar-refractivity contribution in [3.8, 4) is 0 Å². The molecule has 5 nitrogen and oxygen atoms in total. The number of hydrogen-bond donors (Lipinski definition) is 2. The van der Waals surface area contributed by atoms with E-state index in [1.807, 2.05) is 32.0 Å². The number of nitrogens with one attached hydrogen (secondary N) is 2. The quantitative estimate of drug-likeness (QED) is 0.603. The van der Waals surface area contributed by atoms with E-state index in [0.717, 1.165) is 17.7 Å². The zero-order chi connectivity index (χ0) is 20.4. The van der Waals surface area contributed by atoms with Gasteiger partial charge >= 0.3 is 0 Å². The zero-order valence-electron chi connectivity index (χ0n) is 15.4. The molecule has 3 rings (SSSR count). The molecule has 0 saturated carbocycles. The molecule has 0 bridgehead atoms. The maximum atomic E-state index is 13.6. The van der Waals surface area contributed by atoms with E-state index in [2.05, 4.69) is 10.9 Å². The molecule has 2 aromatic carbocycles. The number of benzene rings is 2. The fourth-order valence-electron chi connectivity index (χ4n) is 3.04. The van der Waals surface area contributed by atoms with Crippen LogP contribution >= 0.6 is 0 Å². The van der Waals surface area contributed by atoms with Crippen molar-refractivity contribution < 1.29 is 22.8 Å². The summed E-state index contributed by atoms with van der Waals surface area (Å²) in [6.45, 7) is 4.27. The van der Waals surface area contributed by atoms with Gasteiger partial charge in [-0.2, -0.15) is 0 Å². The van der Waals surface area contributed by atoms with Gasteiger partial charge in [0.2, 0.25) is 11.8 Å². The van der Waals surface area contributed by atoms with Crippen LogP contribution in [-0.2, 0) is 9.59 Å². The first-order valence-corrected chi connectivity index (χ1v) is 8.87. The Hall–Kier alpha value is -3.03. The average molecular weight is 391 g/mol. The van der Waals surface area contributed by atoms with Crippen LogP contribution in [0.2, 0.25) is 0 Å². The molecule has 1 atom stereocenters. The Morgan fingerprint density at radius 2 is 1.89 bits per heavy atom. The summed E-state index contributed by atoms with van der Waals surface area (Å²) in [7, 11) is 0. The third-order valence-corrected chi connectivity index (χ3v) is 4.70. The standard InChI is InChI=1S/C20H20F3N3O2/c1-11(2)12-4-3-5-14(8-12)26-10-13(9-17(26)27)20(28)25-24-16-7-6-15(21)18(22)19(16)23/h3-8,11,13,24H,9-10H2,1-2H3,(H,25,28).